The number of carbonyl (C=O) groups is 2. The van der Waals surface area contributed by atoms with Crippen molar-refractivity contribution in [2.24, 2.45) is 0 Å². The summed E-state index contributed by atoms with van der Waals surface area (Å²) in [6, 6.07) is 12.7. The molecule has 1 N–H and O–H groups in total. The number of para-hydroxylation sites is 1. The third-order valence-electron chi connectivity index (χ3n) is 4.71. The molecule has 0 saturated heterocycles. The highest BCUT2D eigenvalue weighted by Gasteiger charge is 2.18. The maximum absolute atomic E-state index is 13.2. The van der Waals surface area contributed by atoms with E-state index in [-0.39, 0.29) is 5.91 Å². The standard InChI is InChI=1S/C22H22N2O3/c1-5-17-14(3)20(16-8-6-7-9-18(16)23-17)21(25)24-19-12-15(22(26)27-4)11-10-13(19)2/h6-12H,5H2,1-4H3,(H,24,25). The lowest BCUT2D eigenvalue weighted by Crippen LogP contribution is -2.17. The van der Waals surface area contributed by atoms with Crippen molar-refractivity contribution in [1.29, 1.82) is 0 Å². The first kappa shape index (κ1) is 18.6. The van der Waals surface area contributed by atoms with E-state index in [1.807, 2.05) is 45.0 Å². The van der Waals surface area contributed by atoms with Crippen molar-refractivity contribution < 1.29 is 14.3 Å². The average Bonchev–Trinajstić information content (AvgIpc) is 2.68. The Morgan fingerprint density at radius 2 is 1.85 bits per heavy atom. The molecule has 0 spiro atoms. The first-order chi connectivity index (χ1) is 13.0. The Hall–Kier alpha value is -3.21. The maximum Gasteiger partial charge on any atom is 0.337 e. The zero-order valence-electron chi connectivity index (χ0n) is 15.9. The van der Waals surface area contributed by atoms with Gasteiger partial charge >= 0.3 is 5.97 Å². The summed E-state index contributed by atoms with van der Waals surface area (Å²) in [5, 5.41) is 3.77. The predicted molar refractivity (Wildman–Crippen MR) is 106 cm³/mol. The summed E-state index contributed by atoms with van der Waals surface area (Å²) in [6.07, 6.45) is 0.744. The minimum Gasteiger partial charge on any atom is -0.465 e. The molecule has 0 atom stereocenters. The lowest BCUT2D eigenvalue weighted by Gasteiger charge is -2.15. The van der Waals surface area contributed by atoms with Gasteiger partial charge in [-0.25, -0.2) is 4.79 Å². The minimum atomic E-state index is -0.440. The molecule has 1 aromatic heterocycles. The number of hydrogen-bond acceptors (Lipinski definition) is 4. The van der Waals surface area contributed by atoms with Crippen LogP contribution in [-0.4, -0.2) is 24.0 Å². The van der Waals surface area contributed by atoms with Gasteiger partial charge in [-0.3, -0.25) is 9.78 Å². The zero-order valence-corrected chi connectivity index (χ0v) is 15.9. The van der Waals surface area contributed by atoms with E-state index in [1.165, 1.54) is 7.11 Å². The van der Waals surface area contributed by atoms with Crippen molar-refractivity contribution in [2.75, 3.05) is 12.4 Å². The van der Waals surface area contributed by atoms with Gasteiger partial charge in [0.1, 0.15) is 0 Å². The third-order valence-corrected chi connectivity index (χ3v) is 4.71. The number of nitrogens with zero attached hydrogens (tertiary/aromatic N) is 1. The smallest absolute Gasteiger partial charge is 0.337 e. The van der Waals surface area contributed by atoms with Crippen LogP contribution < -0.4 is 5.32 Å². The van der Waals surface area contributed by atoms with Crippen LogP contribution in [-0.2, 0) is 11.2 Å². The predicted octanol–water partition coefficient (Wildman–Crippen LogP) is 4.45. The van der Waals surface area contributed by atoms with Crippen LogP contribution in [0.3, 0.4) is 0 Å². The van der Waals surface area contributed by atoms with E-state index in [4.69, 9.17) is 4.74 Å². The van der Waals surface area contributed by atoms with Crippen LogP contribution in [0.25, 0.3) is 10.9 Å². The number of hydrogen-bond donors (Lipinski definition) is 1. The first-order valence-electron chi connectivity index (χ1n) is 8.84. The van der Waals surface area contributed by atoms with Crippen molar-refractivity contribution in [3.63, 3.8) is 0 Å². The van der Waals surface area contributed by atoms with Crippen molar-refractivity contribution >= 4 is 28.5 Å². The summed E-state index contributed by atoms with van der Waals surface area (Å²) in [7, 11) is 1.33. The average molecular weight is 362 g/mol. The molecule has 0 saturated carbocycles. The number of fused-ring (bicyclic) bond motifs is 1. The molecule has 0 bridgehead atoms. The number of carbonyl (C=O) groups excluding carboxylic acids is 2. The van der Waals surface area contributed by atoms with Crippen LogP contribution in [0.1, 0.15) is 44.5 Å². The Kier molecular flexibility index (Phi) is 5.21. The van der Waals surface area contributed by atoms with Crippen LogP contribution in [0.2, 0.25) is 0 Å². The van der Waals surface area contributed by atoms with Gasteiger partial charge in [-0.1, -0.05) is 31.2 Å². The molecule has 27 heavy (non-hydrogen) atoms. The second-order valence-corrected chi connectivity index (χ2v) is 6.40. The molecule has 5 heteroatoms. The molecular formula is C22H22N2O3. The van der Waals surface area contributed by atoms with Crippen molar-refractivity contribution in [3.8, 4) is 0 Å². The largest absolute Gasteiger partial charge is 0.465 e. The van der Waals surface area contributed by atoms with Crippen molar-refractivity contribution in [1.82, 2.24) is 4.98 Å². The molecule has 0 fully saturated rings. The Morgan fingerprint density at radius 1 is 1.11 bits per heavy atom. The molecule has 0 aliphatic heterocycles. The van der Waals surface area contributed by atoms with Crippen LogP contribution in [0.15, 0.2) is 42.5 Å². The monoisotopic (exact) mass is 362 g/mol. The van der Waals surface area contributed by atoms with E-state index in [9.17, 15) is 9.59 Å². The normalized spacial score (nSPS) is 10.7. The lowest BCUT2D eigenvalue weighted by molar-refractivity contribution is 0.0600. The fraction of sp³-hybridized carbons (Fsp3) is 0.227. The topological polar surface area (TPSA) is 68.3 Å². The molecule has 138 valence electrons. The number of aromatic nitrogens is 1. The molecule has 2 aromatic carbocycles. The second-order valence-electron chi connectivity index (χ2n) is 6.40. The minimum absolute atomic E-state index is 0.217. The summed E-state index contributed by atoms with van der Waals surface area (Å²) in [5.41, 5.74) is 5.02. The SMILES string of the molecule is CCc1nc2ccccc2c(C(=O)Nc2cc(C(=O)OC)ccc2C)c1C. The van der Waals surface area contributed by atoms with E-state index in [0.717, 1.165) is 34.1 Å². The Bertz CT molecular complexity index is 1040. The number of rotatable bonds is 4. The number of amides is 1. The highest BCUT2D eigenvalue weighted by molar-refractivity contribution is 6.14. The number of nitrogens with one attached hydrogen (secondary N) is 1. The van der Waals surface area contributed by atoms with E-state index in [2.05, 4.69) is 10.3 Å². The fourth-order valence-electron chi connectivity index (χ4n) is 3.18. The van der Waals surface area contributed by atoms with E-state index >= 15 is 0 Å². The van der Waals surface area contributed by atoms with Crippen LogP contribution in [0.5, 0.6) is 0 Å². The van der Waals surface area contributed by atoms with Crippen LogP contribution in [0.4, 0.5) is 5.69 Å². The van der Waals surface area contributed by atoms with E-state index < -0.39 is 5.97 Å². The molecule has 3 aromatic rings. The van der Waals surface area contributed by atoms with Gasteiger partial charge in [0.05, 0.1) is 23.8 Å². The number of esters is 1. The van der Waals surface area contributed by atoms with Gasteiger partial charge in [-0.05, 0) is 49.6 Å². The molecule has 3 rings (SSSR count). The highest BCUT2D eigenvalue weighted by atomic mass is 16.5. The number of pyridine rings is 1. The highest BCUT2D eigenvalue weighted by Crippen LogP contribution is 2.26. The van der Waals surface area contributed by atoms with Gasteiger partial charge in [0.25, 0.3) is 5.91 Å². The van der Waals surface area contributed by atoms with Crippen LogP contribution >= 0.6 is 0 Å². The van der Waals surface area contributed by atoms with Crippen LogP contribution in [0, 0.1) is 13.8 Å². The molecule has 5 nitrogen and oxygen atoms in total. The Labute approximate surface area is 158 Å². The van der Waals surface area contributed by atoms with Gasteiger partial charge in [-0.15, -0.1) is 0 Å². The number of benzene rings is 2. The summed E-state index contributed by atoms with van der Waals surface area (Å²) >= 11 is 0. The number of methoxy groups -OCH3 is 1. The lowest BCUT2D eigenvalue weighted by atomic mass is 9.99. The van der Waals surface area contributed by atoms with Gasteiger partial charge in [0.15, 0.2) is 0 Å². The molecule has 0 aliphatic rings. The summed E-state index contributed by atoms with van der Waals surface area (Å²) in [4.78, 5) is 29.6. The summed E-state index contributed by atoms with van der Waals surface area (Å²) < 4.78 is 4.77. The van der Waals surface area contributed by atoms with Gasteiger partial charge < -0.3 is 10.1 Å². The molecule has 0 aliphatic carbocycles. The number of anilines is 1. The van der Waals surface area contributed by atoms with Crippen molar-refractivity contribution in [3.05, 3.63) is 70.4 Å². The van der Waals surface area contributed by atoms with E-state index in [1.54, 1.807) is 18.2 Å². The summed E-state index contributed by atoms with van der Waals surface area (Å²) in [6.45, 7) is 5.83. The quantitative estimate of drug-likeness (QED) is 0.696. The molecule has 1 amide bonds. The maximum atomic E-state index is 13.2. The second kappa shape index (κ2) is 7.58. The van der Waals surface area contributed by atoms with E-state index in [0.29, 0.717) is 16.8 Å². The molecule has 1 heterocycles. The molecule has 0 radical (unpaired) electrons. The number of ether oxygens (including phenoxy) is 1. The Balaban J connectivity index is 2.07. The molecular weight excluding hydrogens is 340 g/mol. The van der Waals surface area contributed by atoms with Crippen molar-refractivity contribution in [2.45, 2.75) is 27.2 Å². The number of aryl methyl sites for hydroxylation is 2. The zero-order chi connectivity index (χ0) is 19.6. The summed E-state index contributed by atoms with van der Waals surface area (Å²) in [5.74, 6) is -0.657. The van der Waals surface area contributed by atoms with Gasteiger partial charge in [0, 0.05) is 16.8 Å². The third kappa shape index (κ3) is 3.53. The molecule has 0 unspecified atom stereocenters. The fourth-order valence-corrected chi connectivity index (χ4v) is 3.18. The van der Waals surface area contributed by atoms with Gasteiger partial charge in [-0.2, -0.15) is 0 Å². The van der Waals surface area contributed by atoms with Gasteiger partial charge in [0.2, 0.25) is 0 Å². The first-order valence-corrected chi connectivity index (χ1v) is 8.84. The Morgan fingerprint density at radius 3 is 2.56 bits per heavy atom.